The topological polar surface area (TPSA) is 56.6 Å². The first-order chi connectivity index (χ1) is 9.31. The number of hydrogen-bond acceptors (Lipinski definition) is 2. The van der Waals surface area contributed by atoms with Crippen LogP contribution in [0.3, 0.4) is 0 Å². The van der Waals surface area contributed by atoms with Gasteiger partial charge in [-0.25, -0.2) is 0 Å². The van der Waals surface area contributed by atoms with Gasteiger partial charge < -0.3 is 4.98 Å². The summed E-state index contributed by atoms with van der Waals surface area (Å²) in [4.78, 5) is 14.6. The van der Waals surface area contributed by atoms with Gasteiger partial charge in [-0.05, 0) is 17.0 Å². The van der Waals surface area contributed by atoms with Crippen LogP contribution < -0.4 is 5.56 Å². The minimum atomic E-state index is -0.230. The van der Waals surface area contributed by atoms with Crippen LogP contribution >= 0.6 is 0 Å². The predicted molar refractivity (Wildman–Crippen MR) is 74.7 cm³/mol. The summed E-state index contributed by atoms with van der Waals surface area (Å²) >= 11 is 0. The van der Waals surface area contributed by atoms with E-state index in [-0.39, 0.29) is 5.56 Å². The molecule has 0 radical (unpaired) electrons. The highest BCUT2D eigenvalue weighted by Gasteiger charge is 2.12. The Morgan fingerprint density at radius 1 is 0.895 bits per heavy atom. The van der Waals surface area contributed by atoms with Gasteiger partial charge in [0.05, 0.1) is 0 Å². The van der Waals surface area contributed by atoms with E-state index in [1.807, 2.05) is 48.5 Å². The Balaban J connectivity index is 2.50. The Morgan fingerprint density at radius 3 is 2.21 bits per heavy atom. The van der Waals surface area contributed by atoms with Crippen LogP contribution in [0.25, 0.3) is 21.9 Å². The highest BCUT2D eigenvalue weighted by Crippen LogP contribution is 2.28. The Hall–Kier alpha value is -2.86. The second kappa shape index (κ2) is 4.43. The number of nitrogens with zero attached hydrogens (tertiary/aromatic N) is 1. The quantitative estimate of drug-likeness (QED) is 0.717. The van der Waals surface area contributed by atoms with Crippen LogP contribution in [0.5, 0.6) is 0 Å². The smallest absolute Gasteiger partial charge is 0.256 e. The number of fused-ring (bicyclic) bond motifs is 1. The number of hydrogen-bond donors (Lipinski definition) is 1. The van der Waals surface area contributed by atoms with Gasteiger partial charge in [0, 0.05) is 10.9 Å². The molecule has 1 heterocycles. The SMILES string of the molecule is N#Cc1[nH]c(=O)c2ccccc2c1-c1ccccc1. The Bertz CT molecular complexity index is 842. The highest BCUT2D eigenvalue weighted by atomic mass is 16.1. The van der Waals surface area contributed by atoms with E-state index in [1.54, 1.807) is 6.07 Å². The lowest BCUT2D eigenvalue weighted by Crippen LogP contribution is -2.09. The van der Waals surface area contributed by atoms with Gasteiger partial charge in [-0.3, -0.25) is 4.79 Å². The number of nitrogens with one attached hydrogen (secondary N) is 1. The van der Waals surface area contributed by atoms with Crippen LogP contribution in [0.2, 0.25) is 0 Å². The lowest BCUT2D eigenvalue weighted by Gasteiger charge is -2.08. The van der Waals surface area contributed by atoms with Crippen LogP contribution in [0.15, 0.2) is 59.4 Å². The largest absolute Gasteiger partial charge is 0.313 e. The molecule has 0 unspecified atom stereocenters. The predicted octanol–water partition coefficient (Wildman–Crippen LogP) is 3.07. The Kier molecular flexibility index (Phi) is 2.62. The van der Waals surface area contributed by atoms with Crippen molar-refractivity contribution in [3.8, 4) is 17.2 Å². The maximum atomic E-state index is 11.9. The van der Waals surface area contributed by atoms with E-state index in [0.717, 1.165) is 16.5 Å². The summed E-state index contributed by atoms with van der Waals surface area (Å²) < 4.78 is 0. The molecule has 2 aromatic carbocycles. The minimum absolute atomic E-state index is 0.230. The van der Waals surface area contributed by atoms with Crippen molar-refractivity contribution in [2.24, 2.45) is 0 Å². The van der Waals surface area contributed by atoms with Crippen molar-refractivity contribution in [2.45, 2.75) is 0 Å². The first kappa shape index (κ1) is 11.2. The summed E-state index contributed by atoms with van der Waals surface area (Å²) in [5.41, 5.74) is 1.77. The van der Waals surface area contributed by atoms with E-state index in [1.165, 1.54) is 0 Å². The number of aromatic nitrogens is 1. The summed E-state index contributed by atoms with van der Waals surface area (Å²) in [6, 6.07) is 19.0. The van der Waals surface area contributed by atoms with Gasteiger partial charge in [0.1, 0.15) is 11.8 Å². The van der Waals surface area contributed by atoms with Gasteiger partial charge in [0.2, 0.25) is 0 Å². The third-order valence-electron chi connectivity index (χ3n) is 3.10. The van der Waals surface area contributed by atoms with Gasteiger partial charge in [-0.2, -0.15) is 5.26 Å². The Labute approximate surface area is 109 Å². The van der Waals surface area contributed by atoms with Gasteiger partial charge >= 0.3 is 0 Å². The van der Waals surface area contributed by atoms with Crippen LogP contribution in [0.4, 0.5) is 0 Å². The second-order valence-corrected chi connectivity index (χ2v) is 4.23. The maximum Gasteiger partial charge on any atom is 0.256 e. The molecule has 3 aromatic rings. The van der Waals surface area contributed by atoms with Crippen molar-refractivity contribution in [1.29, 1.82) is 5.26 Å². The van der Waals surface area contributed by atoms with Crippen LogP contribution in [-0.4, -0.2) is 4.98 Å². The number of pyridine rings is 1. The third-order valence-corrected chi connectivity index (χ3v) is 3.10. The fourth-order valence-electron chi connectivity index (χ4n) is 2.27. The molecule has 3 nitrogen and oxygen atoms in total. The van der Waals surface area contributed by atoms with Gasteiger partial charge in [0.15, 0.2) is 0 Å². The van der Waals surface area contributed by atoms with Crippen LogP contribution in [0, 0.1) is 11.3 Å². The summed E-state index contributed by atoms with van der Waals surface area (Å²) in [5.74, 6) is 0. The molecule has 0 aliphatic carbocycles. The zero-order valence-corrected chi connectivity index (χ0v) is 10.1. The number of benzene rings is 2. The standard InChI is InChI=1S/C16H10N2O/c17-10-14-15(11-6-2-1-3-7-11)12-8-4-5-9-13(12)16(19)18-14/h1-9H,(H,18,19). The van der Waals surface area contributed by atoms with Crippen molar-refractivity contribution in [3.05, 3.63) is 70.6 Å². The number of rotatable bonds is 1. The lowest BCUT2D eigenvalue weighted by molar-refractivity contribution is 1.23. The molecule has 19 heavy (non-hydrogen) atoms. The summed E-state index contributed by atoms with van der Waals surface area (Å²) in [6.07, 6.45) is 0. The average molecular weight is 246 g/mol. The molecular formula is C16H10N2O. The van der Waals surface area contributed by atoms with Crippen molar-refractivity contribution in [1.82, 2.24) is 4.98 Å². The van der Waals surface area contributed by atoms with E-state index in [4.69, 9.17) is 0 Å². The monoisotopic (exact) mass is 246 g/mol. The van der Waals surface area contributed by atoms with Gasteiger partial charge in [-0.15, -0.1) is 0 Å². The van der Waals surface area contributed by atoms with Gasteiger partial charge in [0.25, 0.3) is 5.56 Å². The molecular weight excluding hydrogens is 236 g/mol. The summed E-state index contributed by atoms with van der Waals surface area (Å²) in [6.45, 7) is 0. The van der Waals surface area contributed by atoms with Crippen molar-refractivity contribution in [2.75, 3.05) is 0 Å². The molecule has 0 bridgehead atoms. The molecule has 0 saturated heterocycles. The number of aromatic amines is 1. The maximum absolute atomic E-state index is 11.9. The molecule has 1 aromatic heterocycles. The highest BCUT2D eigenvalue weighted by molar-refractivity contribution is 5.97. The second-order valence-electron chi connectivity index (χ2n) is 4.23. The number of H-pyrrole nitrogens is 1. The number of nitriles is 1. The van der Waals surface area contributed by atoms with Crippen molar-refractivity contribution >= 4 is 10.8 Å². The molecule has 0 spiro atoms. The van der Waals surface area contributed by atoms with Crippen molar-refractivity contribution in [3.63, 3.8) is 0 Å². The molecule has 0 aliphatic rings. The zero-order valence-electron chi connectivity index (χ0n) is 10.1. The average Bonchev–Trinajstić information content (AvgIpc) is 2.48. The molecule has 0 fully saturated rings. The van der Waals surface area contributed by atoms with E-state index in [9.17, 15) is 10.1 Å². The van der Waals surface area contributed by atoms with Crippen LogP contribution in [-0.2, 0) is 0 Å². The Morgan fingerprint density at radius 2 is 1.53 bits per heavy atom. The minimum Gasteiger partial charge on any atom is -0.313 e. The van der Waals surface area contributed by atoms with Gasteiger partial charge in [-0.1, -0.05) is 48.5 Å². The first-order valence-electron chi connectivity index (χ1n) is 5.92. The first-order valence-corrected chi connectivity index (χ1v) is 5.92. The normalized spacial score (nSPS) is 10.3. The molecule has 3 heteroatoms. The molecule has 0 amide bonds. The van der Waals surface area contributed by atoms with E-state index >= 15 is 0 Å². The van der Waals surface area contributed by atoms with E-state index in [0.29, 0.717) is 11.1 Å². The van der Waals surface area contributed by atoms with Crippen LogP contribution in [0.1, 0.15) is 5.69 Å². The summed E-state index contributed by atoms with van der Waals surface area (Å²) in [7, 11) is 0. The molecule has 0 aliphatic heterocycles. The van der Waals surface area contributed by atoms with Crippen molar-refractivity contribution < 1.29 is 0 Å². The summed E-state index contributed by atoms with van der Waals surface area (Å²) in [5, 5.41) is 10.6. The lowest BCUT2D eigenvalue weighted by atomic mass is 9.98. The molecule has 1 N–H and O–H groups in total. The fourth-order valence-corrected chi connectivity index (χ4v) is 2.27. The molecule has 0 atom stereocenters. The third kappa shape index (κ3) is 1.80. The molecule has 90 valence electrons. The molecule has 3 rings (SSSR count). The van der Waals surface area contributed by atoms with E-state index < -0.39 is 0 Å². The fraction of sp³-hybridized carbons (Fsp3) is 0. The molecule has 0 saturated carbocycles. The van der Waals surface area contributed by atoms with E-state index in [2.05, 4.69) is 11.1 Å². The zero-order chi connectivity index (χ0) is 13.2.